The lowest BCUT2D eigenvalue weighted by molar-refractivity contribution is 0.739. The Kier molecular flexibility index (Phi) is 3.27. The number of benzene rings is 1. The molecule has 1 N–H and O–H groups in total. The minimum atomic E-state index is 0.513. The molecule has 1 aliphatic rings. The van der Waals surface area contributed by atoms with Crippen molar-refractivity contribution in [3.8, 4) is 11.1 Å². The van der Waals surface area contributed by atoms with Crippen LogP contribution in [0.2, 0.25) is 5.15 Å². The van der Waals surface area contributed by atoms with Crippen LogP contribution >= 0.6 is 11.6 Å². The van der Waals surface area contributed by atoms with E-state index in [9.17, 15) is 0 Å². The smallest absolute Gasteiger partial charge is 0.158 e. The van der Waals surface area contributed by atoms with Gasteiger partial charge in [0.1, 0.15) is 5.84 Å². The molecule has 22 heavy (non-hydrogen) atoms. The average Bonchev–Trinajstić information content (AvgIpc) is 3.17. The summed E-state index contributed by atoms with van der Waals surface area (Å²) < 4.78 is 1.91. The fraction of sp³-hybridized carbons (Fsp3) is 0.188. The third kappa shape index (κ3) is 2.23. The fourth-order valence-corrected chi connectivity index (χ4v) is 3.01. The van der Waals surface area contributed by atoms with Crippen molar-refractivity contribution in [1.29, 1.82) is 0 Å². The number of para-hydroxylation sites is 1. The van der Waals surface area contributed by atoms with E-state index in [0.717, 1.165) is 41.0 Å². The summed E-state index contributed by atoms with van der Waals surface area (Å²) in [7, 11) is 0. The van der Waals surface area contributed by atoms with E-state index in [2.05, 4.69) is 26.5 Å². The van der Waals surface area contributed by atoms with Gasteiger partial charge in [-0.2, -0.15) is 5.10 Å². The lowest BCUT2D eigenvalue weighted by Crippen LogP contribution is -2.24. The number of fused-ring (bicyclic) bond motifs is 1. The summed E-state index contributed by atoms with van der Waals surface area (Å²) in [5, 5.41) is 9.21. The molecule has 1 aliphatic heterocycles. The van der Waals surface area contributed by atoms with Crippen molar-refractivity contribution in [3.63, 3.8) is 0 Å². The fourth-order valence-electron chi connectivity index (χ4n) is 2.76. The van der Waals surface area contributed by atoms with Gasteiger partial charge in [0.25, 0.3) is 0 Å². The molecule has 0 spiro atoms. The summed E-state index contributed by atoms with van der Waals surface area (Å²) in [5.41, 5.74) is 3.13. The molecular formula is C16H14ClN5. The van der Waals surface area contributed by atoms with Crippen LogP contribution in [-0.4, -0.2) is 33.7 Å². The molecular weight excluding hydrogens is 298 g/mol. The van der Waals surface area contributed by atoms with Crippen LogP contribution in [0.25, 0.3) is 22.0 Å². The first kappa shape index (κ1) is 13.3. The van der Waals surface area contributed by atoms with Crippen LogP contribution in [0.5, 0.6) is 0 Å². The normalized spacial score (nSPS) is 14.1. The molecule has 6 heteroatoms. The van der Waals surface area contributed by atoms with Crippen molar-refractivity contribution in [2.24, 2.45) is 4.99 Å². The molecule has 4 rings (SSSR count). The molecule has 0 saturated heterocycles. The topological polar surface area (TPSA) is 55.1 Å². The zero-order chi connectivity index (χ0) is 14.9. The molecule has 3 heterocycles. The first-order chi connectivity index (χ1) is 10.8. The molecule has 0 atom stereocenters. The zero-order valence-electron chi connectivity index (χ0n) is 11.8. The molecule has 3 aromatic rings. The van der Waals surface area contributed by atoms with Crippen molar-refractivity contribution in [3.05, 3.63) is 47.9 Å². The van der Waals surface area contributed by atoms with E-state index in [-0.39, 0.29) is 0 Å². The van der Waals surface area contributed by atoms with Crippen LogP contribution in [0.4, 0.5) is 0 Å². The minimum absolute atomic E-state index is 0.513. The Labute approximate surface area is 132 Å². The van der Waals surface area contributed by atoms with E-state index in [4.69, 9.17) is 11.6 Å². The van der Waals surface area contributed by atoms with Crippen molar-refractivity contribution in [1.82, 2.24) is 20.1 Å². The van der Waals surface area contributed by atoms with Gasteiger partial charge in [-0.05, 0) is 12.1 Å². The highest BCUT2D eigenvalue weighted by Gasteiger charge is 2.16. The van der Waals surface area contributed by atoms with Gasteiger partial charge in [-0.1, -0.05) is 29.8 Å². The van der Waals surface area contributed by atoms with Crippen molar-refractivity contribution >= 4 is 28.3 Å². The number of nitrogens with one attached hydrogen (secondary N) is 1. The second kappa shape index (κ2) is 5.42. The number of halogens is 1. The molecule has 110 valence electrons. The number of aliphatic imine (C=N–C) groups is 1. The van der Waals surface area contributed by atoms with E-state index < -0.39 is 0 Å². The minimum Gasteiger partial charge on any atom is -0.370 e. The van der Waals surface area contributed by atoms with Crippen LogP contribution in [-0.2, 0) is 6.54 Å². The summed E-state index contributed by atoms with van der Waals surface area (Å²) >= 11 is 6.31. The van der Waals surface area contributed by atoms with Crippen LogP contribution in [0.15, 0.2) is 47.7 Å². The van der Waals surface area contributed by atoms with Crippen molar-refractivity contribution in [2.75, 3.05) is 13.1 Å². The zero-order valence-corrected chi connectivity index (χ0v) is 12.6. The van der Waals surface area contributed by atoms with Crippen molar-refractivity contribution < 1.29 is 0 Å². The molecule has 0 radical (unpaired) electrons. The quantitative estimate of drug-likeness (QED) is 0.809. The maximum atomic E-state index is 6.31. The van der Waals surface area contributed by atoms with Crippen LogP contribution in [0, 0.1) is 0 Å². The SMILES string of the molecule is Clc1nn(CC2=NCCN2)c2c(-c3cccnc3)cccc12. The number of aromatic nitrogens is 3. The molecule has 2 aromatic heterocycles. The number of rotatable bonds is 3. The van der Waals surface area contributed by atoms with Gasteiger partial charge < -0.3 is 5.32 Å². The predicted molar refractivity (Wildman–Crippen MR) is 88.3 cm³/mol. The second-order valence-corrected chi connectivity index (χ2v) is 5.51. The monoisotopic (exact) mass is 311 g/mol. The first-order valence-corrected chi connectivity index (χ1v) is 7.53. The van der Waals surface area contributed by atoms with E-state index in [1.807, 2.05) is 35.1 Å². The highest BCUT2D eigenvalue weighted by Crippen LogP contribution is 2.32. The molecule has 0 aliphatic carbocycles. The molecule has 5 nitrogen and oxygen atoms in total. The molecule has 0 amide bonds. The molecule has 0 saturated carbocycles. The highest BCUT2D eigenvalue weighted by molar-refractivity contribution is 6.34. The van der Waals surface area contributed by atoms with E-state index in [0.29, 0.717) is 11.7 Å². The van der Waals surface area contributed by atoms with E-state index >= 15 is 0 Å². The van der Waals surface area contributed by atoms with Crippen LogP contribution in [0.3, 0.4) is 0 Å². The number of pyridine rings is 1. The van der Waals surface area contributed by atoms with Gasteiger partial charge in [0.05, 0.1) is 18.6 Å². The van der Waals surface area contributed by atoms with Crippen molar-refractivity contribution in [2.45, 2.75) is 6.54 Å². The van der Waals surface area contributed by atoms with Gasteiger partial charge in [-0.15, -0.1) is 0 Å². The largest absolute Gasteiger partial charge is 0.370 e. The second-order valence-electron chi connectivity index (χ2n) is 5.15. The van der Waals surface area contributed by atoms with Gasteiger partial charge in [-0.25, -0.2) is 0 Å². The van der Waals surface area contributed by atoms with Crippen LogP contribution in [0.1, 0.15) is 0 Å². The van der Waals surface area contributed by atoms with Gasteiger partial charge in [0, 0.05) is 35.5 Å². The Hall–Kier alpha value is -2.40. The summed E-state index contributed by atoms with van der Waals surface area (Å²) in [4.78, 5) is 8.65. The summed E-state index contributed by atoms with van der Waals surface area (Å²) in [6.45, 7) is 2.30. The van der Waals surface area contributed by atoms with Gasteiger partial charge in [0.2, 0.25) is 0 Å². The lowest BCUT2D eigenvalue weighted by Gasteiger charge is -2.08. The maximum Gasteiger partial charge on any atom is 0.158 e. The Morgan fingerprint density at radius 1 is 1.23 bits per heavy atom. The number of hydrogen-bond donors (Lipinski definition) is 1. The first-order valence-electron chi connectivity index (χ1n) is 7.15. The molecule has 0 unspecified atom stereocenters. The standard InChI is InChI=1S/C16H14ClN5/c17-16-13-5-1-4-12(11-3-2-6-18-9-11)15(13)22(21-16)10-14-19-7-8-20-14/h1-6,9H,7-8,10H2,(H,19,20). The lowest BCUT2D eigenvalue weighted by atomic mass is 10.0. The summed E-state index contributed by atoms with van der Waals surface area (Å²) in [6.07, 6.45) is 3.62. The Morgan fingerprint density at radius 3 is 2.95 bits per heavy atom. The maximum absolute atomic E-state index is 6.31. The Bertz CT molecular complexity index is 854. The van der Waals surface area contributed by atoms with Gasteiger partial charge in [0.15, 0.2) is 5.15 Å². The third-order valence-electron chi connectivity index (χ3n) is 3.74. The van der Waals surface area contributed by atoms with Gasteiger partial charge in [-0.3, -0.25) is 14.7 Å². The Balaban J connectivity index is 1.90. The third-order valence-corrected chi connectivity index (χ3v) is 4.02. The molecule has 0 fully saturated rings. The highest BCUT2D eigenvalue weighted by atomic mass is 35.5. The van der Waals surface area contributed by atoms with E-state index in [1.165, 1.54) is 0 Å². The summed E-state index contributed by atoms with van der Waals surface area (Å²) in [5.74, 6) is 0.946. The average molecular weight is 312 g/mol. The van der Waals surface area contributed by atoms with E-state index in [1.54, 1.807) is 6.20 Å². The van der Waals surface area contributed by atoms with Crippen LogP contribution < -0.4 is 5.32 Å². The summed E-state index contributed by atoms with van der Waals surface area (Å²) in [6, 6.07) is 10.0. The Morgan fingerprint density at radius 2 is 2.18 bits per heavy atom. The molecule has 0 bridgehead atoms. The van der Waals surface area contributed by atoms with Gasteiger partial charge >= 0.3 is 0 Å². The predicted octanol–water partition coefficient (Wildman–Crippen LogP) is 2.75. The number of hydrogen-bond acceptors (Lipinski definition) is 4. The number of amidine groups is 1. The molecule has 1 aromatic carbocycles. The number of nitrogens with zero attached hydrogens (tertiary/aromatic N) is 4.